The van der Waals surface area contributed by atoms with E-state index in [1.165, 1.54) is 5.56 Å². The summed E-state index contributed by atoms with van der Waals surface area (Å²) in [5.74, 6) is -0.496. The molecule has 6 aromatic carbocycles. The maximum Gasteiger partial charge on any atom is 2.00 e. The molecule has 0 aromatic heterocycles. The molecule has 7 rings (SSSR count). The van der Waals surface area contributed by atoms with E-state index >= 15 is 0 Å². The van der Waals surface area contributed by atoms with Crippen molar-refractivity contribution in [1.82, 2.24) is 5.32 Å². The minimum atomic E-state index is -0.871. The molecule has 1 unspecified atom stereocenters. The minimum Gasteiger partial charge on any atom is -0.374 e. The van der Waals surface area contributed by atoms with Gasteiger partial charge >= 0.3 is 17.1 Å². The second-order valence-electron chi connectivity index (χ2n) is 14.7. The van der Waals surface area contributed by atoms with Crippen LogP contribution in [0.5, 0.6) is 0 Å². The Morgan fingerprint density at radius 2 is 1.13 bits per heavy atom. The molecule has 9 heteroatoms. The van der Waals surface area contributed by atoms with Gasteiger partial charge in [-0.1, -0.05) is 128 Å². The second-order valence-corrected chi connectivity index (χ2v) is 14.7. The molecule has 6 aromatic rings. The van der Waals surface area contributed by atoms with E-state index in [0.717, 1.165) is 35.1 Å². The Bertz CT molecular complexity index is 1930. The third-order valence-electron chi connectivity index (χ3n) is 10.0. The number of carbonyl (C=O) groups is 1. The summed E-state index contributed by atoms with van der Waals surface area (Å²) in [4.78, 5) is 13.2. The molecule has 316 valence electrons. The Morgan fingerprint density at radius 3 is 1.63 bits per heavy atom. The van der Waals surface area contributed by atoms with E-state index in [9.17, 15) is 4.79 Å². The predicted molar refractivity (Wildman–Crippen MR) is 230 cm³/mol. The molecule has 6 atom stereocenters. The van der Waals surface area contributed by atoms with Crippen LogP contribution >= 0.6 is 0 Å². The fourth-order valence-corrected chi connectivity index (χ4v) is 6.78. The Morgan fingerprint density at radius 1 is 0.617 bits per heavy atom. The Balaban J connectivity index is 0.00000106. The first-order chi connectivity index (χ1) is 29.1. The van der Waals surface area contributed by atoms with Crippen LogP contribution < -0.4 is 5.32 Å². The fraction of sp³-hybridized carbons (Fsp3) is 0.314. The average Bonchev–Trinajstić information content (AvgIpc) is 4.05. The number of amides is 1. The van der Waals surface area contributed by atoms with Gasteiger partial charge in [0, 0.05) is 6.54 Å². The van der Waals surface area contributed by atoms with Crippen molar-refractivity contribution in [3.63, 3.8) is 0 Å². The summed E-state index contributed by atoms with van der Waals surface area (Å²) >= 11 is 0. The van der Waals surface area contributed by atoms with E-state index in [-0.39, 0.29) is 36.2 Å². The van der Waals surface area contributed by atoms with Gasteiger partial charge in [-0.3, -0.25) is 4.79 Å². The zero-order valence-corrected chi connectivity index (χ0v) is 35.4. The summed E-state index contributed by atoms with van der Waals surface area (Å²) in [6, 6.07) is 58.4. The normalized spacial score (nSPS) is 19.0. The SMILES string of the molecule is C[C@H](COC1O[C@H](COCc2ccccc2)[C@@H](OCc2ccccc2)[C@H](OCc2ccccc2)[C@@H]1OCc1ccccc1)C(=O)NCCCc1ccc[cH-]1.[Fe+2].c1cc[cH-]c1. The number of benzene rings is 4. The number of rotatable bonds is 21. The minimum absolute atomic E-state index is 0. The van der Waals surface area contributed by atoms with Gasteiger partial charge in [0.25, 0.3) is 0 Å². The summed E-state index contributed by atoms with van der Waals surface area (Å²) < 4.78 is 39.8. The van der Waals surface area contributed by atoms with Crippen LogP contribution in [0.1, 0.15) is 41.2 Å². The van der Waals surface area contributed by atoms with Gasteiger partial charge in [0.15, 0.2) is 6.29 Å². The van der Waals surface area contributed by atoms with Crippen molar-refractivity contribution in [2.24, 2.45) is 5.92 Å². The van der Waals surface area contributed by atoms with E-state index in [4.69, 9.17) is 28.4 Å². The molecule has 0 spiro atoms. The zero-order valence-electron chi connectivity index (χ0n) is 34.3. The topological polar surface area (TPSA) is 84.5 Å². The first kappa shape index (κ1) is 46.4. The molecular formula is C51H57FeNO7. The largest absolute Gasteiger partial charge is 2.00 e. The molecule has 1 aliphatic rings. The number of ether oxygens (including phenoxy) is 6. The van der Waals surface area contributed by atoms with Gasteiger partial charge in [-0.25, -0.2) is 24.3 Å². The van der Waals surface area contributed by atoms with E-state index in [2.05, 4.69) is 17.4 Å². The first-order valence-electron chi connectivity index (χ1n) is 20.6. The molecule has 60 heavy (non-hydrogen) atoms. The molecule has 8 nitrogen and oxygen atoms in total. The van der Waals surface area contributed by atoms with Gasteiger partial charge in [0.05, 0.1) is 45.6 Å². The van der Waals surface area contributed by atoms with Crippen LogP contribution in [0.2, 0.25) is 0 Å². The van der Waals surface area contributed by atoms with Crippen LogP contribution in [0.25, 0.3) is 0 Å². The van der Waals surface area contributed by atoms with Gasteiger partial charge in [0.1, 0.15) is 24.4 Å². The number of hydrogen-bond acceptors (Lipinski definition) is 7. The molecular weight excluding hydrogens is 794 g/mol. The molecule has 1 amide bonds. The molecule has 0 radical (unpaired) electrons. The van der Waals surface area contributed by atoms with Gasteiger partial charge < -0.3 is 33.7 Å². The van der Waals surface area contributed by atoms with Crippen LogP contribution in [0.3, 0.4) is 0 Å². The first-order valence-corrected chi connectivity index (χ1v) is 20.6. The van der Waals surface area contributed by atoms with Crippen molar-refractivity contribution in [2.45, 2.75) is 76.9 Å². The van der Waals surface area contributed by atoms with Crippen molar-refractivity contribution in [2.75, 3.05) is 19.8 Å². The van der Waals surface area contributed by atoms with Crippen LogP contribution in [0.4, 0.5) is 0 Å². The standard InChI is InChI=1S/C46H52NO7.C5H5.Fe/c1-35(45(48)47-28-16-27-36-17-14-15-18-36)29-53-46-44(52-33-40-25-12-5-13-26-40)43(51-32-39-23-10-4-11-24-39)42(50-31-38-21-8-3-9-22-38)41(54-46)34-49-30-37-19-6-2-7-20-37;1-2-4-5-3-1;/h2-15,17-26,35,41-44,46H,16,27-34H2,1H3,(H,47,48);1-5H;/q2*-1;+2/t35-,41-,42-,43+,44+,46?;;/m1../s1. The Hall–Kier alpha value is -4.67. The molecule has 0 bridgehead atoms. The molecule has 0 saturated carbocycles. The fourth-order valence-electron chi connectivity index (χ4n) is 6.78. The number of nitrogens with one attached hydrogen (secondary N) is 1. The van der Waals surface area contributed by atoms with Crippen molar-refractivity contribution in [1.29, 1.82) is 0 Å². The number of hydrogen-bond donors (Lipinski definition) is 1. The van der Waals surface area contributed by atoms with E-state index < -0.39 is 36.6 Å². The summed E-state index contributed by atoms with van der Waals surface area (Å²) in [6.07, 6.45) is -1.54. The Kier molecular flexibility index (Phi) is 20.5. The summed E-state index contributed by atoms with van der Waals surface area (Å²) in [5, 5.41) is 3.07. The molecule has 1 N–H and O–H groups in total. The number of aryl methyl sites for hydroxylation is 1. The molecule has 1 saturated heterocycles. The third kappa shape index (κ3) is 15.7. The summed E-state index contributed by atoms with van der Waals surface area (Å²) in [5.41, 5.74) is 5.37. The Labute approximate surface area is 366 Å². The van der Waals surface area contributed by atoms with Gasteiger partial charge in [-0.2, -0.15) is 35.9 Å². The van der Waals surface area contributed by atoms with Crippen LogP contribution in [0.15, 0.2) is 176 Å². The van der Waals surface area contributed by atoms with Crippen LogP contribution in [-0.4, -0.2) is 56.4 Å². The molecule has 1 aliphatic heterocycles. The summed E-state index contributed by atoms with van der Waals surface area (Å²) in [7, 11) is 0. The molecule has 0 aliphatic carbocycles. The van der Waals surface area contributed by atoms with Crippen molar-refractivity contribution in [3.05, 3.63) is 204 Å². The monoisotopic (exact) mass is 851 g/mol. The summed E-state index contributed by atoms with van der Waals surface area (Å²) in [6.45, 7) is 4.20. The average molecular weight is 852 g/mol. The smallest absolute Gasteiger partial charge is 0.374 e. The van der Waals surface area contributed by atoms with E-state index in [1.807, 2.05) is 171 Å². The van der Waals surface area contributed by atoms with Gasteiger partial charge in [0.2, 0.25) is 5.91 Å². The second kappa shape index (κ2) is 26.5. The predicted octanol–water partition coefficient (Wildman–Crippen LogP) is 9.21. The quantitative estimate of drug-likeness (QED) is 0.0440. The van der Waals surface area contributed by atoms with Gasteiger partial charge in [-0.15, -0.1) is 0 Å². The molecule has 1 fully saturated rings. The third-order valence-corrected chi connectivity index (χ3v) is 10.0. The van der Waals surface area contributed by atoms with E-state index in [0.29, 0.717) is 33.0 Å². The van der Waals surface area contributed by atoms with Crippen molar-refractivity contribution >= 4 is 5.91 Å². The van der Waals surface area contributed by atoms with Gasteiger partial charge in [-0.05, 0) is 35.1 Å². The molecule has 1 heterocycles. The maximum atomic E-state index is 13.2. The maximum absolute atomic E-state index is 13.2. The van der Waals surface area contributed by atoms with Crippen molar-refractivity contribution in [3.8, 4) is 0 Å². The van der Waals surface area contributed by atoms with Crippen LogP contribution in [-0.2, 0) is 83.1 Å². The van der Waals surface area contributed by atoms with E-state index in [1.54, 1.807) is 0 Å². The van der Waals surface area contributed by atoms with Crippen molar-refractivity contribution < 1.29 is 50.3 Å². The number of carbonyl (C=O) groups excluding carboxylic acids is 1. The zero-order chi connectivity index (χ0) is 40.7. The van der Waals surface area contributed by atoms with Crippen LogP contribution in [0, 0.1) is 5.92 Å².